The average Bonchev–Trinajstić information content (AvgIpc) is 2.79. The van der Waals surface area contributed by atoms with E-state index in [4.69, 9.17) is 0 Å². The van der Waals surface area contributed by atoms with Gasteiger partial charge in [-0.1, -0.05) is 6.07 Å². The molecule has 0 aliphatic heterocycles. The summed E-state index contributed by atoms with van der Waals surface area (Å²) in [7, 11) is 1.27. The van der Waals surface area contributed by atoms with E-state index in [1.807, 2.05) is 0 Å². The second kappa shape index (κ2) is 6.05. The molecule has 0 spiro atoms. The molecule has 4 nitrogen and oxygen atoms in total. The predicted molar refractivity (Wildman–Crippen MR) is 79.5 cm³/mol. The van der Waals surface area contributed by atoms with E-state index in [0.29, 0.717) is 5.69 Å². The highest BCUT2D eigenvalue weighted by Crippen LogP contribution is 2.29. The van der Waals surface area contributed by atoms with Crippen LogP contribution in [0.25, 0.3) is 0 Å². The van der Waals surface area contributed by atoms with Gasteiger partial charge in [-0.3, -0.25) is 4.79 Å². The number of methoxy groups -OCH3 is 1. The average molecular weight is 307 g/mol. The van der Waals surface area contributed by atoms with Crippen molar-refractivity contribution in [1.82, 2.24) is 0 Å². The van der Waals surface area contributed by atoms with Crippen molar-refractivity contribution in [2.24, 2.45) is 0 Å². The number of esters is 1. The van der Waals surface area contributed by atoms with E-state index in [1.165, 1.54) is 30.6 Å². The fourth-order valence-corrected chi connectivity index (χ4v) is 2.75. The maximum atomic E-state index is 13.8. The van der Waals surface area contributed by atoms with E-state index < -0.39 is 17.7 Å². The molecular formula is C15H14FNO3S. The van der Waals surface area contributed by atoms with Gasteiger partial charge in [0.15, 0.2) is 0 Å². The lowest BCUT2D eigenvalue weighted by atomic mass is 10.1. The summed E-state index contributed by atoms with van der Waals surface area (Å²) >= 11 is 1.17. The Morgan fingerprint density at radius 2 is 2.00 bits per heavy atom. The van der Waals surface area contributed by atoms with Crippen molar-refractivity contribution >= 4 is 28.9 Å². The van der Waals surface area contributed by atoms with Gasteiger partial charge in [-0.05, 0) is 42.5 Å². The summed E-state index contributed by atoms with van der Waals surface area (Å²) in [5.74, 6) is -1.73. The van der Waals surface area contributed by atoms with Crippen LogP contribution in [0.2, 0.25) is 0 Å². The molecule has 0 saturated heterocycles. The normalized spacial score (nSPS) is 10.3. The van der Waals surface area contributed by atoms with Crippen LogP contribution >= 0.6 is 11.3 Å². The zero-order valence-corrected chi connectivity index (χ0v) is 12.6. The fraction of sp³-hybridized carbons (Fsp3) is 0.200. The first kappa shape index (κ1) is 15.2. The van der Waals surface area contributed by atoms with Crippen LogP contribution in [0.3, 0.4) is 0 Å². The molecule has 2 rings (SSSR count). The van der Waals surface area contributed by atoms with Crippen LogP contribution in [0.1, 0.15) is 31.2 Å². The minimum Gasteiger partial charge on any atom is -0.465 e. The first-order valence-corrected chi connectivity index (χ1v) is 7.06. The van der Waals surface area contributed by atoms with Crippen LogP contribution in [-0.2, 0) is 4.74 Å². The van der Waals surface area contributed by atoms with Gasteiger partial charge < -0.3 is 10.1 Å². The molecule has 1 aromatic heterocycles. The molecule has 0 radical (unpaired) electrons. The monoisotopic (exact) mass is 307 g/mol. The van der Waals surface area contributed by atoms with Gasteiger partial charge in [-0.15, -0.1) is 11.3 Å². The topological polar surface area (TPSA) is 55.4 Å². The van der Waals surface area contributed by atoms with E-state index in [9.17, 15) is 14.0 Å². The highest BCUT2D eigenvalue weighted by molar-refractivity contribution is 7.12. The Morgan fingerprint density at radius 3 is 2.62 bits per heavy atom. The van der Waals surface area contributed by atoms with Gasteiger partial charge >= 0.3 is 5.97 Å². The first-order chi connectivity index (χ1) is 9.93. The number of anilines is 1. The van der Waals surface area contributed by atoms with Crippen LogP contribution in [0.4, 0.5) is 10.1 Å². The molecule has 0 aliphatic rings. The largest absolute Gasteiger partial charge is 0.465 e. The fourth-order valence-electron chi connectivity index (χ4n) is 1.83. The minimum atomic E-state index is -0.598. The van der Waals surface area contributed by atoms with Crippen molar-refractivity contribution in [2.75, 3.05) is 12.4 Å². The molecular weight excluding hydrogens is 293 g/mol. The van der Waals surface area contributed by atoms with E-state index in [1.54, 1.807) is 25.3 Å². The number of carbonyl (C=O) groups is 2. The molecule has 0 unspecified atom stereocenters. The Bertz CT molecular complexity index is 709. The Kier molecular flexibility index (Phi) is 4.37. The molecule has 0 saturated carbocycles. The molecule has 0 bridgehead atoms. The van der Waals surface area contributed by atoms with Gasteiger partial charge in [-0.2, -0.15) is 0 Å². The highest BCUT2D eigenvalue weighted by atomic mass is 32.1. The van der Waals surface area contributed by atoms with Crippen LogP contribution in [-0.4, -0.2) is 19.0 Å². The molecule has 0 aliphatic carbocycles. The molecule has 2 aromatic rings. The summed E-state index contributed by atoms with van der Waals surface area (Å²) < 4.78 is 18.5. The molecule has 1 aromatic carbocycles. The number of nitrogens with one attached hydrogen (secondary N) is 1. The maximum absolute atomic E-state index is 13.8. The van der Waals surface area contributed by atoms with Crippen molar-refractivity contribution in [3.8, 4) is 0 Å². The van der Waals surface area contributed by atoms with Gasteiger partial charge in [0.1, 0.15) is 10.7 Å². The Labute approximate surface area is 125 Å². The Hall–Kier alpha value is -2.21. The number of hydrogen-bond acceptors (Lipinski definition) is 4. The van der Waals surface area contributed by atoms with Crippen molar-refractivity contribution in [3.63, 3.8) is 0 Å². The van der Waals surface area contributed by atoms with Gasteiger partial charge in [0.25, 0.3) is 5.91 Å². The highest BCUT2D eigenvalue weighted by Gasteiger charge is 2.20. The van der Waals surface area contributed by atoms with Crippen molar-refractivity contribution in [1.29, 1.82) is 0 Å². The lowest BCUT2D eigenvalue weighted by Gasteiger charge is -2.08. The maximum Gasteiger partial charge on any atom is 0.350 e. The van der Waals surface area contributed by atoms with Gasteiger partial charge in [0.2, 0.25) is 0 Å². The number of amides is 1. The van der Waals surface area contributed by atoms with Crippen LogP contribution in [0, 0.1) is 19.7 Å². The number of hydrogen-bond donors (Lipinski definition) is 1. The number of aryl methyl sites for hydroxylation is 2. The first-order valence-electron chi connectivity index (χ1n) is 6.18. The van der Waals surface area contributed by atoms with E-state index in [-0.39, 0.29) is 10.4 Å². The van der Waals surface area contributed by atoms with E-state index >= 15 is 0 Å². The van der Waals surface area contributed by atoms with Crippen LogP contribution < -0.4 is 5.32 Å². The molecule has 6 heteroatoms. The van der Waals surface area contributed by atoms with Gasteiger partial charge in [0.05, 0.1) is 18.4 Å². The molecule has 0 atom stereocenters. The summed E-state index contributed by atoms with van der Waals surface area (Å²) in [6.45, 7) is 3.49. The molecule has 0 fully saturated rings. The molecule has 1 amide bonds. The second-order valence-electron chi connectivity index (χ2n) is 4.55. The third kappa shape index (κ3) is 3.11. The zero-order chi connectivity index (χ0) is 15.6. The van der Waals surface area contributed by atoms with Crippen molar-refractivity contribution in [3.05, 3.63) is 51.0 Å². The standard InChI is InChI=1S/C15H14FNO3S/c1-8-4-5-10(11(16)6-8)14(18)17-12-9(2)7-21-13(12)15(19)20-3/h4-7H,1-3H3,(H,17,18). The lowest BCUT2D eigenvalue weighted by Crippen LogP contribution is -2.16. The lowest BCUT2D eigenvalue weighted by molar-refractivity contribution is 0.0607. The Balaban J connectivity index is 2.32. The quantitative estimate of drug-likeness (QED) is 0.882. The van der Waals surface area contributed by atoms with E-state index in [2.05, 4.69) is 10.1 Å². The summed E-state index contributed by atoms with van der Waals surface area (Å²) in [5.41, 5.74) is 1.74. The van der Waals surface area contributed by atoms with Crippen LogP contribution in [0.15, 0.2) is 23.6 Å². The summed E-state index contributed by atoms with van der Waals surface area (Å²) in [5, 5.41) is 4.31. The van der Waals surface area contributed by atoms with Gasteiger partial charge in [0, 0.05) is 0 Å². The number of halogens is 1. The van der Waals surface area contributed by atoms with Crippen molar-refractivity contribution in [2.45, 2.75) is 13.8 Å². The number of rotatable bonds is 3. The summed E-state index contributed by atoms with van der Waals surface area (Å²) in [6, 6.07) is 4.36. The summed E-state index contributed by atoms with van der Waals surface area (Å²) in [6.07, 6.45) is 0. The molecule has 1 heterocycles. The summed E-state index contributed by atoms with van der Waals surface area (Å²) in [4.78, 5) is 24.1. The molecule has 1 N–H and O–H groups in total. The number of thiophene rings is 1. The second-order valence-corrected chi connectivity index (χ2v) is 5.43. The smallest absolute Gasteiger partial charge is 0.350 e. The van der Waals surface area contributed by atoms with Gasteiger partial charge in [-0.25, -0.2) is 9.18 Å². The van der Waals surface area contributed by atoms with Crippen molar-refractivity contribution < 1.29 is 18.7 Å². The number of carbonyl (C=O) groups excluding carboxylic acids is 2. The number of ether oxygens (including phenoxy) is 1. The third-order valence-corrected chi connectivity index (χ3v) is 4.03. The predicted octanol–water partition coefficient (Wildman–Crippen LogP) is 3.54. The minimum absolute atomic E-state index is 0.0676. The SMILES string of the molecule is COC(=O)c1scc(C)c1NC(=O)c1ccc(C)cc1F. The van der Waals surface area contributed by atoms with E-state index in [0.717, 1.165) is 11.1 Å². The molecule has 21 heavy (non-hydrogen) atoms. The zero-order valence-electron chi connectivity index (χ0n) is 11.8. The van der Waals surface area contributed by atoms with Crippen LogP contribution in [0.5, 0.6) is 0 Å². The third-order valence-electron chi connectivity index (χ3n) is 2.95. The molecule has 110 valence electrons. The number of benzene rings is 1. The Morgan fingerprint density at radius 1 is 1.29 bits per heavy atom.